The lowest BCUT2D eigenvalue weighted by atomic mass is 10.0. The van der Waals surface area contributed by atoms with E-state index < -0.39 is 23.7 Å². The van der Waals surface area contributed by atoms with Gasteiger partial charge in [0.05, 0.1) is 16.9 Å². The molecule has 1 saturated heterocycles. The Morgan fingerprint density at radius 3 is 2.29 bits per heavy atom. The lowest BCUT2D eigenvalue weighted by molar-refractivity contribution is -0.137. The molecule has 2 atom stereocenters. The number of amides is 3. The van der Waals surface area contributed by atoms with E-state index in [4.69, 9.17) is 5.73 Å². The summed E-state index contributed by atoms with van der Waals surface area (Å²) in [6.45, 7) is 2.47. The Labute approximate surface area is 242 Å². The summed E-state index contributed by atoms with van der Waals surface area (Å²) in [6, 6.07) is 17.4. The molecule has 0 aromatic heterocycles. The second-order valence-electron chi connectivity index (χ2n) is 10.1. The third kappa shape index (κ3) is 7.55. The molecular weight excluding hydrogens is 547 g/mol. The van der Waals surface area contributed by atoms with Gasteiger partial charge in [-0.1, -0.05) is 36.4 Å². The number of carbonyl (C=O) groups is 3. The van der Waals surface area contributed by atoms with Crippen molar-refractivity contribution in [3.63, 3.8) is 0 Å². The number of hydrogen-bond donors (Lipinski definition) is 3. The van der Waals surface area contributed by atoms with Crippen molar-refractivity contribution in [2.75, 3.05) is 36.5 Å². The zero-order chi connectivity index (χ0) is 30.4. The number of likely N-dealkylation sites (tertiary alicyclic amines) is 1. The minimum Gasteiger partial charge on any atom is -0.397 e. The predicted octanol–water partition coefficient (Wildman–Crippen LogP) is 5.17. The maximum absolute atomic E-state index is 13.6. The average molecular weight is 580 g/mol. The molecule has 0 saturated carbocycles. The molecule has 4 N–H and O–H groups in total. The number of halogens is 3. The number of nitrogens with zero attached hydrogens (tertiary/aromatic N) is 2. The van der Waals surface area contributed by atoms with Crippen LogP contribution in [0.5, 0.6) is 0 Å². The highest BCUT2D eigenvalue weighted by atomic mass is 19.4. The fraction of sp³-hybridized carbons (Fsp3) is 0.258. The summed E-state index contributed by atoms with van der Waals surface area (Å²) >= 11 is 0. The van der Waals surface area contributed by atoms with E-state index in [0.717, 1.165) is 12.1 Å². The lowest BCUT2D eigenvalue weighted by Gasteiger charge is -2.29. The molecule has 1 heterocycles. The van der Waals surface area contributed by atoms with Crippen LogP contribution in [0.1, 0.15) is 36.1 Å². The van der Waals surface area contributed by atoms with Crippen LogP contribution in [0.3, 0.4) is 0 Å². The maximum Gasteiger partial charge on any atom is 0.416 e. The van der Waals surface area contributed by atoms with Gasteiger partial charge < -0.3 is 21.3 Å². The number of rotatable bonds is 8. The summed E-state index contributed by atoms with van der Waals surface area (Å²) in [5.41, 5.74) is 7.62. The minimum absolute atomic E-state index is 0.0803. The SMILES string of the molecule is CC(=O)N(C)C1CCN(C(C(=O)Nc2ccc(C(F)(F)F)cc2)c2ccc(C=CC(=O)Nc3ccccc3N)cc2)C1. The molecule has 1 aliphatic heterocycles. The van der Waals surface area contributed by atoms with Crippen molar-refractivity contribution >= 4 is 40.9 Å². The average Bonchev–Trinajstić information content (AvgIpc) is 3.43. The van der Waals surface area contributed by atoms with Crippen molar-refractivity contribution in [1.29, 1.82) is 0 Å². The molecule has 0 aliphatic carbocycles. The molecule has 1 fully saturated rings. The van der Waals surface area contributed by atoms with E-state index in [2.05, 4.69) is 10.6 Å². The van der Waals surface area contributed by atoms with Gasteiger partial charge in [0.15, 0.2) is 0 Å². The zero-order valence-electron chi connectivity index (χ0n) is 23.2. The fourth-order valence-electron chi connectivity index (χ4n) is 4.80. The van der Waals surface area contributed by atoms with Crippen molar-refractivity contribution in [2.45, 2.75) is 31.6 Å². The Bertz CT molecular complexity index is 1460. The van der Waals surface area contributed by atoms with E-state index in [0.29, 0.717) is 42.0 Å². The topological polar surface area (TPSA) is 108 Å². The van der Waals surface area contributed by atoms with Crippen LogP contribution < -0.4 is 16.4 Å². The minimum atomic E-state index is -4.48. The smallest absolute Gasteiger partial charge is 0.397 e. The molecule has 0 radical (unpaired) electrons. The van der Waals surface area contributed by atoms with E-state index >= 15 is 0 Å². The fourth-order valence-corrected chi connectivity index (χ4v) is 4.80. The molecule has 220 valence electrons. The van der Waals surface area contributed by atoms with E-state index in [1.54, 1.807) is 66.6 Å². The van der Waals surface area contributed by atoms with Crippen molar-refractivity contribution in [2.24, 2.45) is 0 Å². The quantitative estimate of drug-likeness (QED) is 0.252. The number of hydrogen-bond acceptors (Lipinski definition) is 5. The Morgan fingerprint density at radius 2 is 1.67 bits per heavy atom. The second-order valence-corrected chi connectivity index (χ2v) is 10.1. The number of nitrogens with one attached hydrogen (secondary N) is 2. The predicted molar refractivity (Wildman–Crippen MR) is 156 cm³/mol. The summed E-state index contributed by atoms with van der Waals surface area (Å²) in [7, 11) is 1.72. The summed E-state index contributed by atoms with van der Waals surface area (Å²) in [4.78, 5) is 41.4. The van der Waals surface area contributed by atoms with Gasteiger partial charge in [-0.2, -0.15) is 13.2 Å². The van der Waals surface area contributed by atoms with Crippen LogP contribution in [0.2, 0.25) is 0 Å². The van der Waals surface area contributed by atoms with Crippen molar-refractivity contribution in [3.05, 3.63) is 95.6 Å². The molecule has 8 nitrogen and oxygen atoms in total. The third-order valence-electron chi connectivity index (χ3n) is 7.23. The first kappa shape index (κ1) is 30.3. The van der Waals surface area contributed by atoms with Gasteiger partial charge in [0.2, 0.25) is 17.7 Å². The molecule has 3 amide bonds. The molecule has 4 rings (SSSR count). The van der Waals surface area contributed by atoms with Crippen molar-refractivity contribution in [1.82, 2.24) is 9.80 Å². The van der Waals surface area contributed by atoms with Gasteiger partial charge in [-0.05, 0) is 60.0 Å². The summed E-state index contributed by atoms with van der Waals surface area (Å²) in [5.74, 6) is -0.852. The van der Waals surface area contributed by atoms with Crippen LogP contribution in [0, 0.1) is 0 Å². The Hall–Kier alpha value is -4.64. The molecule has 11 heteroatoms. The van der Waals surface area contributed by atoms with Crippen LogP contribution in [0.15, 0.2) is 78.9 Å². The molecule has 3 aromatic rings. The first-order valence-electron chi connectivity index (χ1n) is 13.3. The Morgan fingerprint density at radius 1 is 1.00 bits per heavy atom. The molecular formula is C31H32F3N5O3. The third-order valence-corrected chi connectivity index (χ3v) is 7.23. The van der Waals surface area contributed by atoms with E-state index in [1.807, 2.05) is 4.90 Å². The van der Waals surface area contributed by atoms with Gasteiger partial charge in [0, 0.05) is 44.9 Å². The molecule has 42 heavy (non-hydrogen) atoms. The van der Waals surface area contributed by atoms with E-state index in [9.17, 15) is 27.6 Å². The molecule has 2 unspecified atom stereocenters. The van der Waals surface area contributed by atoms with Gasteiger partial charge in [-0.3, -0.25) is 19.3 Å². The number of alkyl halides is 3. The van der Waals surface area contributed by atoms with Gasteiger partial charge in [0.25, 0.3) is 0 Å². The number of carbonyl (C=O) groups excluding carboxylic acids is 3. The Balaban J connectivity index is 1.52. The summed E-state index contributed by atoms with van der Waals surface area (Å²) < 4.78 is 39.0. The number of benzene rings is 3. The second kappa shape index (κ2) is 12.9. The number of likely N-dealkylation sites (N-methyl/N-ethyl adjacent to an activating group) is 1. The van der Waals surface area contributed by atoms with Gasteiger partial charge in [-0.15, -0.1) is 0 Å². The first-order valence-corrected chi connectivity index (χ1v) is 13.3. The molecule has 1 aliphatic rings. The maximum atomic E-state index is 13.6. The van der Waals surface area contributed by atoms with Crippen LogP contribution in [0.25, 0.3) is 6.08 Å². The zero-order valence-corrected chi connectivity index (χ0v) is 23.2. The van der Waals surface area contributed by atoms with Crippen LogP contribution in [-0.2, 0) is 20.6 Å². The first-order chi connectivity index (χ1) is 19.9. The standard InChI is InChI=1S/C31H32F3N5O3/c1-20(40)38(2)25-17-18-39(19-25)29(30(42)36-24-14-12-23(13-15-24)31(32,33)34)22-10-7-21(8-11-22)9-16-28(41)37-27-6-4-3-5-26(27)35/h3-16,25,29H,17-19,35H2,1-2H3,(H,36,42)(H,37,41). The summed E-state index contributed by atoms with van der Waals surface area (Å²) in [5, 5.41) is 5.46. The molecule has 3 aromatic carbocycles. The van der Waals surface area contributed by atoms with Crippen molar-refractivity contribution < 1.29 is 27.6 Å². The molecule has 0 bridgehead atoms. The number of nitrogen functional groups attached to an aromatic ring is 1. The van der Waals surface area contributed by atoms with E-state index in [1.165, 1.54) is 25.1 Å². The van der Waals surface area contributed by atoms with Crippen LogP contribution in [0.4, 0.5) is 30.2 Å². The van der Waals surface area contributed by atoms with E-state index in [-0.39, 0.29) is 23.5 Å². The Kier molecular flexibility index (Phi) is 9.31. The van der Waals surface area contributed by atoms with Crippen LogP contribution >= 0.6 is 0 Å². The van der Waals surface area contributed by atoms with Gasteiger partial charge in [0.1, 0.15) is 6.04 Å². The highest BCUT2D eigenvalue weighted by Gasteiger charge is 2.36. The lowest BCUT2D eigenvalue weighted by Crippen LogP contribution is -2.40. The van der Waals surface area contributed by atoms with Gasteiger partial charge >= 0.3 is 6.18 Å². The van der Waals surface area contributed by atoms with Crippen LogP contribution in [-0.4, -0.2) is 53.7 Å². The monoisotopic (exact) mass is 579 g/mol. The molecule has 0 spiro atoms. The largest absolute Gasteiger partial charge is 0.416 e. The highest BCUT2D eigenvalue weighted by molar-refractivity contribution is 6.03. The number of para-hydroxylation sites is 2. The van der Waals surface area contributed by atoms with Gasteiger partial charge in [-0.25, -0.2) is 0 Å². The van der Waals surface area contributed by atoms with Crippen molar-refractivity contribution in [3.8, 4) is 0 Å². The highest BCUT2D eigenvalue weighted by Crippen LogP contribution is 2.32. The summed E-state index contributed by atoms with van der Waals surface area (Å²) in [6.07, 6.45) is -0.811. The number of anilines is 3. The normalized spacial score (nSPS) is 16.3. The number of nitrogens with two attached hydrogens (primary N) is 1.